The van der Waals surface area contributed by atoms with Crippen molar-refractivity contribution in [1.82, 2.24) is 14.7 Å². The molecule has 33 heavy (non-hydrogen) atoms. The van der Waals surface area contributed by atoms with E-state index in [9.17, 15) is 14.7 Å². The standard InChI is InChI=1S/C26H18ClN3O3/c27-18-11-9-16(10-12-18)14-28-26(33)20-13-17(24(32)19-5-1-4-8-23(19)31)15-30-22-7-3-2-6-21(22)29-25(20)30/h1-13,15,31H,14H2,(H,28,33). The van der Waals surface area contributed by atoms with Crippen LogP contribution >= 0.6 is 11.6 Å². The minimum Gasteiger partial charge on any atom is -0.507 e. The number of rotatable bonds is 5. The quantitative estimate of drug-likeness (QED) is 0.365. The van der Waals surface area contributed by atoms with Gasteiger partial charge in [-0.3, -0.25) is 14.0 Å². The Morgan fingerprint density at radius 3 is 2.45 bits per heavy atom. The molecular formula is C26H18ClN3O3. The Bertz CT molecular complexity index is 1520. The van der Waals surface area contributed by atoms with Crippen LogP contribution in [0.3, 0.4) is 0 Å². The summed E-state index contributed by atoms with van der Waals surface area (Å²) < 4.78 is 1.74. The van der Waals surface area contributed by atoms with Crippen molar-refractivity contribution in [1.29, 1.82) is 0 Å². The van der Waals surface area contributed by atoms with E-state index in [4.69, 9.17) is 11.6 Å². The van der Waals surface area contributed by atoms with Gasteiger partial charge in [-0.1, -0.05) is 48.0 Å². The zero-order valence-electron chi connectivity index (χ0n) is 17.3. The Morgan fingerprint density at radius 2 is 1.67 bits per heavy atom. The molecule has 2 N–H and O–H groups in total. The van der Waals surface area contributed by atoms with E-state index in [0.717, 1.165) is 11.1 Å². The fourth-order valence-electron chi connectivity index (χ4n) is 3.75. The van der Waals surface area contributed by atoms with E-state index in [1.54, 1.807) is 40.9 Å². The molecule has 0 bridgehead atoms. The van der Waals surface area contributed by atoms with Crippen LogP contribution in [0.25, 0.3) is 16.7 Å². The van der Waals surface area contributed by atoms with E-state index in [1.807, 2.05) is 36.4 Å². The molecule has 2 aromatic heterocycles. The van der Waals surface area contributed by atoms with Gasteiger partial charge in [-0.15, -0.1) is 0 Å². The van der Waals surface area contributed by atoms with Crippen LogP contribution in [0.1, 0.15) is 31.8 Å². The van der Waals surface area contributed by atoms with Gasteiger partial charge in [-0.2, -0.15) is 0 Å². The third kappa shape index (κ3) is 3.92. The minimum absolute atomic E-state index is 0.119. The van der Waals surface area contributed by atoms with Crippen molar-refractivity contribution in [2.45, 2.75) is 6.54 Å². The second-order valence-corrected chi connectivity index (χ2v) is 8.03. The summed E-state index contributed by atoms with van der Waals surface area (Å²) in [4.78, 5) is 31.0. The second-order valence-electron chi connectivity index (χ2n) is 7.59. The fourth-order valence-corrected chi connectivity index (χ4v) is 3.88. The smallest absolute Gasteiger partial charge is 0.255 e. The highest BCUT2D eigenvalue weighted by Gasteiger charge is 2.21. The Hall–Kier alpha value is -4.16. The van der Waals surface area contributed by atoms with Gasteiger partial charge in [-0.25, -0.2) is 4.98 Å². The van der Waals surface area contributed by atoms with Gasteiger partial charge >= 0.3 is 0 Å². The lowest BCUT2D eigenvalue weighted by molar-refractivity contribution is 0.0952. The van der Waals surface area contributed by atoms with Gasteiger partial charge in [0.2, 0.25) is 0 Å². The first-order valence-electron chi connectivity index (χ1n) is 10.3. The molecule has 0 aliphatic carbocycles. The summed E-state index contributed by atoms with van der Waals surface area (Å²) >= 11 is 5.93. The number of phenolic OH excluding ortho intramolecular Hbond substituents is 1. The van der Waals surface area contributed by atoms with Crippen LogP contribution in [-0.4, -0.2) is 26.2 Å². The Labute approximate surface area is 194 Å². The molecule has 1 amide bonds. The first-order chi connectivity index (χ1) is 16.0. The van der Waals surface area contributed by atoms with Crippen LogP contribution in [-0.2, 0) is 6.54 Å². The third-order valence-corrected chi connectivity index (χ3v) is 5.68. The number of amides is 1. The highest BCUT2D eigenvalue weighted by Crippen LogP contribution is 2.25. The molecule has 6 nitrogen and oxygen atoms in total. The zero-order valence-corrected chi connectivity index (χ0v) is 18.1. The number of phenols is 1. The number of aromatic nitrogens is 2. The van der Waals surface area contributed by atoms with Crippen molar-refractivity contribution in [3.05, 3.63) is 112 Å². The minimum atomic E-state index is -0.389. The van der Waals surface area contributed by atoms with Crippen molar-refractivity contribution in [3.8, 4) is 5.75 Å². The summed E-state index contributed by atoms with van der Waals surface area (Å²) in [5, 5.41) is 13.7. The SMILES string of the molecule is O=C(c1cc(C(=O)NCc2ccc(Cl)cc2)c2nc3ccccc3n2c1)c1ccccc1O. The largest absolute Gasteiger partial charge is 0.507 e. The lowest BCUT2D eigenvalue weighted by Crippen LogP contribution is -2.24. The van der Waals surface area contributed by atoms with E-state index < -0.39 is 0 Å². The average molecular weight is 456 g/mol. The maximum absolute atomic E-state index is 13.2. The van der Waals surface area contributed by atoms with E-state index in [2.05, 4.69) is 10.3 Å². The second kappa shape index (κ2) is 8.41. The Balaban J connectivity index is 1.60. The van der Waals surface area contributed by atoms with Gasteiger partial charge < -0.3 is 10.4 Å². The number of imidazole rings is 1. The first-order valence-corrected chi connectivity index (χ1v) is 10.7. The van der Waals surface area contributed by atoms with Gasteiger partial charge in [0.1, 0.15) is 5.75 Å². The number of aromatic hydroxyl groups is 1. The summed E-state index contributed by atoms with van der Waals surface area (Å²) in [5.74, 6) is -0.872. The zero-order chi connectivity index (χ0) is 22.9. The molecule has 162 valence electrons. The highest BCUT2D eigenvalue weighted by atomic mass is 35.5. The number of fused-ring (bicyclic) bond motifs is 3. The number of hydrogen-bond donors (Lipinski definition) is 2. The summed E-state index contributed by atoms with van der Waals surface area (Å²) in [5.41, 5.74) is 3.50. The molecule has 0 spiro atoms. The Kier molecular flexibility index (Phi) is 5.28. The summed E-state index contributed by atoms with van der Waals surface area (Å²) in [6, 6.07) is 22.5. The monoisotopic (exact) mass is 455 g/mol. The van der Waals surface area contributed by atoms with Crippen molar-refractivity contribution >= 4 is 40.0 Å². The predicted molar refractivity (Wildman–Crippen MR) is 127 cm³/mol. The molecule has 2 heterocycles. The molecule has 5 aromatic rings. The lowest BCUT2D eigenvalue weighted by atomic mass is 10.0. The van der Waals surface area contributed by atoms with Crippen molar-refractivity contribution < 1.29 is 14.7 Å². The van der Waals surface area contributed by atoms with E-state index in [-0.39, 0.29) is 34.1 Å². The van der Waals surface area contributed by atoms with Crippen molar-refractivity contribution in [3.63, 3.8) is 0 Å². The molecule has 0 saturated carbocycles. The molecule has 7 heteroatoms. The number of carbonyl (C=O) groups excluding carboxylic acids is 2. The molecular weight excluding hydrogens is 438 g/mol. The number of ketones is 1. The maximum atomic E-state index is 13.2. The first kappa shape index (κ1) is 20.7. The molecule has 5 rings (SSSR count). The molecule has 0 aliphatic heterocycles. The van der Waals surface area contributed by atoms with E-state index >= 15 is 0 Å². The third-order valence-electron chi connectivity index (χ3n) is 5.43. The summed E-state index contributed by atoms with van der Waals surface area (Å²) in [6.45, 7) is 0.292. The van der Waals surface area contributed by atoms with Crippen LogP contribution in [0.2, 0.25) is 5.02 Å². The molecule has 3 aromatic carbocycles. The number of nitrogens with one attached hydrogen (secondary N) is 1. The van der Waals surface area contributed by atoms with E-state index in [1.165, 1.54) is 12.1 Å². The van der Waals surface area contributed by atoms with Gasteiger partial charge in [0.15, 0.2) is 11.4 Å². The number of nitrogens with zero attached hydrogens (tertiary/aromatic N) is 2. The molecule has 0 atom stereocenters. The van der Waals surface area contributed by atoms with Crippen LogP contribution in [0.5, 0.6) is 5.75 Å². The van der Waals surface area contributed by atoms with Crippen LogP contribution in [0.4, 0.5) is 0 Å². The van der Waals surface area contributed by atoms with Crippen molar-refractivity contribution in [2.75, 3.05) is 0 Å². The highest BCUT2D eigenvalue weighted by molar-refractivity contribution is 6.30. The van der Waals surface area contributed by atoms with Crippen LogP contribution < -0.4 is 5.32 Å². The molecule has 0 fully saturated rings. The predicted octanol–water partition coefficient (Wildman–Crippen LogP) is 5.01. The van der Waals surface area contributed by atoms with Crippen molar-refractivity contribution in [2.24, 2.45) is 0 Å². The fraction of sp³-hybridized carbons (Fsp3) is 0.0385. The van der Waals surface area contributed by atoms with Gasteiger partial charge in [0, 0.05) is 23.3 Å². The summed E-state index contributed by atoms with van der Waals surface area (Å²) in [6.07, 6.45) is 1.65. The van der Waals surface area contributed by atoms with E-state index in [0.29, 0.717) is 22.7 Å². The van der Waals surface area contributed by atoms with Gasteiger partial charge in [-0.05, 0) is 48.0 Å². The van der Waals surface area contributed by atoms with Gasteiger partial charge in [0.05, 0.1) is 22.2 Å². The van der Waals surface area contributed by atoms with Crippen LogP contribution in [0.15, 0.2) is 85.1 Å². The number of benzene rings is 3. The Morgan fingerprint density at radius 1 is 0.939 bits per heavy atom. The number of carbonyl (C=O) groups is 2. The number of para-hydroxylation sites is 3. The molecule has 0 radical (unpaired) electrons. The number of hydrogen-bond acceptors (Lipinski definition) is 4. The molecule has 0 unspecified atom stereocenters. The number of pyridine rings is 1. The molecule has 0 saturated heterocycles. The molecule has 0 aliphatic rings. The van der Waals surface area contributed by atoms with Gasteiger partial charge in [0.25, 0.3) is 5.91 Å². The normalized spacial score (nSPS) is 11.1. The number of halogens is 1. The van der Waals surface area contributed by atoms with Crippen LogP contribution in [0, 0.1) is 0 Å². The topological polar surface area (TPSA) is 83.7 Å². The average Bonchev–Trinajstić information content (AvgIpc) is 3.21. The lowest BCUT2D eigenvalue weighted by Gasteiger charge is -2.10. The summed E-state index contributed by atoms with van der Waals surface area (Å²) in [7, 11) is 0. The maximum Gasteiger partial charge on any atom is 0.255 e.